The fourth-order valence-corrected chi connectivity index (χ4v) is 3.93. The fourth-order valence-electron chi connectivity index (χ4n) is 2.37. The summed E-state index contributed by atoms with van der Waals surface area (Å²) in [6.45, 7) is 2.15. The Hall–Kier alpha value is -1.47. The van der Waals surface area contributed by atoms with Crippen LogP contribution in [0.5, 0.6) is 0 Å². The molecular weight excluding hydrogens is 283 g/mol. The van der Waals surface area contributed by atoms with Crippen molar-refractivity contribution in [1.82, 2.24) is 9.62 Å². The molecule has 0 radical (unpaired) electrons. The number of halogens is 1. The van der Waals surface area contributed by atoms with Crippen molar-refractivity contribution < 1.29 is 17.6 Å². The van der Waals surface area contributed by atoms with Gasteiger partial charge in [0, 0.05) is 20.1 Å². The summed E-state index contributed by atoms with van der Waals surface area (Å²) in [5.41, 5.74) is -0.720. The van der Waals surface area contributed by atoms with Crippen molar-refractivity contribution in [3.05, 3.63) is 30.1 Å². The fraction of sp³-hybridized carbons (Fsp3) is 0.462. The van der Waals surface area contributed by atoms with Gasteiger partial charge < -0.3 is 5.32 Å². The largest absolute Gasteiger partial charge is 0.359 e. The van der Waals surface area contributed by atoms with E-state index in [0.29, 0.717) is 6.42 Å². The maximum atomic E-state index is 12.9. The second kappa shape index (κ2) is 5.14. The highest BCUT2D eigenvalue weighted by Gasteiger charge is 2.44. The third-order valence-corrected chi connectivity index (χ3v) is 5.52. The van der Waals surface area contributed by atoms with E-state index in [1.54, 1.807) is 6.92 Å². The van der Waals surface area contributed by atoms with Crippen LogP contribution in [0.15, 0.2) is 29.2 Å². The van der Waals surface area contributed by atoms with Gasteiger partial charge in [0.15, 0.2) is 0 Å². The number of nitrogens with zero attached hydrogens (tertiary/aromatic N) is 1. The van der Waals surface area contributed by atoms with Gasteiger partial charge in [-0.15, -0.1) is 0 Å². The number of sulfonamides is 1. The zero-order chi connectivity index (χ0) is 15.0. The van der Waals surface area contributed by atoms with Crippen molar-refractivity contribution in [2.45, 2.75) is 18.2 Å². The lowest BCUT2D eigenvalue weighted by atomic mass is 9.89. The standard InChI is InChI=1S/C13H17FN2O3S/c1-13(12(17)15-2)7-8-16(9-13)20(18,19)11-5-3-10(14)4-6-11/h3-6H,7-9H2,1-2H3,(H,15,17). The Bertz CT molecular complexity index is 615. The van der Waals surface area contributed by atoms with Gasteiger partial charge in [-0.3, -0.25) is 4.79 Å². The minimum Gasteiger partial charge on any atom is -0.359 e. The molecule has 1 heterocycles. The first kappa shape index (κ1) is 14.9. The predicted molar refractivity (Wildman–Crippen MR) is 71.9 cm³/mol. The highest BCUT2D eigenvalue weighted by Crippen LogP contribution is 2.33. The van der Waals surface area contributed by atoms with Gasteiger partial charge in [-0.2, -0.15) is 4.31 Å². The number of nitrogens with one attached hydrogen (secondary N) is 1. The average molecular weight is 300 g/mol. The van der Waals surface area contributed by atoms with E-state index in [0.717, 1.165) is 12.1 Å². The van der Waals surface area contributed by atoms with Crippen molar-refractivity contribution >= 4 is 15.9 Å². The number of rotatable bonds is 3. The first-order valence-corrected chi connectivity index (χ1v) is 7.71. The molecule has 0 saturated carbocycles. The summed E-state index contributed by atoms with van der Waals surface area (Å²) in [5.74, 6) is -0.658. The molecule has 2 rings (SSSR count). The van der Waals surface area contributed by atoms with Crippen molar-refractivity contribution in [1.29, 1.82) is 0 Å². The third-order valence-electron chi connectivity index (χ3n) is 3.66. The normalized spacial score (nSPS) is 23.8. The molecule has 1 aromatic rings. The molecule has 0 aliphatic carbocycles. The predicted octanol–water partition coefficient (Wildman–Crippen LogP) is 0.972. The Morgan fingerprint density at radius 3 is 2.50 bits per heavy atom. The molecule has 110 valence electrons. The smallest absolute Gasteiger partial charge is 0.243 e. The monoisotopic (exact) mass is 300 g/mol. The van der Waals surface area contributed by atoms with Crippen LogP contribution in [0.2, 0.25) is 0 Å². The van der Waals surface area contributed by atoms with Crippen LogP contribution in [0.3, 0.4) is 0 Å². The molecule has 1 amide bonds. The number of carbonyl (C=O) groups excluding carboxylic acids is 1. The Balaban J connectivity index is 2.25. The molecule has 1 unspecified atom stereocenters. The molecule has 0 spiro atoms. The lowest BCUT2D eigenvalue weighted by molar-refractivity contribution is -0.128. The van der Waals surface area contributed by atoms with Crippen molar-refractivity contribution in [3.63, 3.8) is 0 Å². The van der Waals surface area contributed by atoms with Gasteiger partial charge in [-0.25, -0.2) is 12.8 Å². The molecule has 20 heavy (non-hydrogen) atoms. The summed E-state index contributed by atoms with van der Waals surface area (Å²) in [7, 11) is -2.15. The van der Waals surface area contributed by atoms with E-state index in [9.17, 15) is 17.6 Å². The maximum absolute atomic E-state index is 12.9. The molecule has 1 fully saturated rings. The Labute approximate surface area is 117 Å². The second-order valence-corrected chi connectivity index (χ2v) is 7.12. The van der Waals surface area contributed by atoms with Gasteiger partial charge in [0.2, 0.25) is 15.9 Å². The van der Waals surface area contributed by atoms with E-state index in [4.69, 9.17) is 0 Å². The number of hydrogen-bond donors (Lipinski definition) is 1. The molecular formula is C13H17FN2O3S. The van der Waals surface area contributed by atoms with Crippen LogP contribution in [-0.4, -0.2) is 38.8 Å². The van der Waals surface area contributed by atoms with Crippen LogP contribution < -0.4 is 5.32 Å². The summed E-state index contributed by atoms with van der Waals surface area (Å²) >= 11 is 0. The van der Waals surface area contributed by atoms with Gasteiger partial charge in [0.1, 0.15) is 5.82 Å². The Morgan fingerprint density at radius 2 is 1.95 bits per heavy atom. The van der Waals surface area contributed by atoms with Gasteiger partial charge in [-0.05, 0) is 37.6 Å². The van der Waals surface area contributed by atoms with Gasteiger partial charge in [0.25, 0.3) is 0 Å². The first-order chi connectivity index (χ1) is 9.29. The van der Waals surface area contributed by atoms with Crippen LogP contribution in [0.25, 0.3) is 0 Å². The van der Waals surface area contributed by atoms with Crippen LogP contribution in [0, 0.1) is 11.2 Å². The number of carbonyl (C=O) groups is 1. The topological polar surface area (TPSA) is 66.5 Å². The third kappa shape index (κ3) is 2.55. The van der Waals surface area contributed by atoms with Crippen molar-refractivity contribution in [3.8, 4) is 0 Å². The summed E-state index contributed by atoms with van der Waals surface area (Å²) in [6.07, 6.45) is 0.465. The SMILES string of the molecule is CNC(=O)C1(C)CCN(S(=O)(=O)c2ccc(F)cc2)C1. The zero-order valence-corrected chi connectivity index (χ0v) is 12.2. The van der Waals surface area contributed by atoms with Crippen LogP contribution >= 0.6 is 0 Å². The summed E-state index contributed by atoms with van der Waals surface area (Å²) < 4.78 is 39.0. The van der Waals surface area contributed by atoms with Gasteiger partial charge >= 0.3 is 0 Å². The molecule has 1 aliphatic rings. The Kier molecular flexibility index (Phi) is 3.84. The Morgan fingerprint density at radius 1 is 1.35 bits per heavy atom. The molecule has 1 aliphatic heterocycles. The lowest BCUT2D eigenvalue weighted by Gasteiger charge is -2.22. The minimum absolute atomic E-state index is 0.0417. The van der Waals surface area contributed by atoms with Crippen LogP contribution in [-0.2, 0) is 14.8 Å². The summed E-state index contributed by atoms with van der Waals surface area (Å²) in [5, 5.41) is 2.56. The first-order valence-electron chi connectivity index (χ1n) is 6.27. The molecule has 1 atom stereocenters. The highest BCUT2D eigenvalue weighted by atomic mass is 32.2. The van der Waals surface area contributed by atoms with E-state index in [1.165, 1.54) is 23.5 Å². The molecule has 0 aromatic heterocycles. The quantitative estimate of drug-likeness (QED) is 0.904. The number of amides is 1. The second-order valence-electron chi connectivity index (χ2n) is 5.18. The van der Waals surface area contributed by atoms with E-state index in [1.807, 2.05) is 0 Å². The molecule has 1 aromatic carbocycles. The average Bonchev–Trinajstić information content (AvgIpc) is 2.83. The van der Waals surface area contributed by atoms with E-state index < -0.39 is 21.3 Å². The molecule has 1 N–H and O–H groups in total. The summed E-state index contributed by atoms with van der Waals surface area (Å²) in [6, 6.07) is 4.70. The van der Waals surface area contributed by atoms with Crippen LogP contribution in [0.4, 0.5) is 4.39 Å². The molecule has 0 bridgehead atoms. The van der Waals surface area contributed by atoms with Gasteiger partial charge in [0.05, 0.1) is 10.3 Å². The highest BCUT2D eigenvalue weighted by molar-refractivity contribution is 7.89. The lowest BCUT2D eigenvalue weighted by Crippen LogP contribution is -2.40. The van der Waals surface area contributed by atoms with E-state index >= 15 is 0 Å². The maximum Gasteiger partial charge on any atom is 0.243 e. The molecule has 1 saturated heterocycles. The summed E-state index contributed by atoms with van der Waals surface area (Å²) in [4.78, 5) is 11.8. The van der Waals surface area contributed by atoms with Crippen molar-refractivity contribution in [2.24, 2.45) is 5.41 Å². The van der Waals surface area contributed by atoms with Gasteiger partial charge in [-0.1, -0.05) is 0 Å². The number of benzene rings is 1. The number of hydrogen-bond acceptors (Lipinski definition) is 3. The molecule has 7 heteroatoms. The van der Waals surface area contributed by atoms with Crippen molar-refractivity contribution in [2.75, 3.05) is 20.1 Å². The van der Waals surface area contributed by atoms with Crippen LogP contribution in [0.1, 0.15) is 13.3 Å². The molecule has 5 nitrogen and oxygen atoms in total. The minimum atomic E-state index is -3.68. The van der Waals surface area contributed by atoms with E-state index in [2.05, 4.69) is 5.32 Å². The van der Waals surface area contributed by atoms with E-state index in [-0.39, 0.29) is 23.9 Å². The zero-order valence-electron chi connectivity index (χ0n) is 11.4.